The lowest BCUT2D eigenvalue weighted by atomic mass is 9.90. The average Bonchev–Trinajstić information content (AvgIpc) is 3.45. The number of benzene rings is 2. The zero-order valence-corrected chi connectivity index (χ0v) is 24.7. The van der Waals surface area contributed by atoms with Gasteiger partial charge in [-0.3, -0.25) is 4.79 Å². The first-order valence-corrected chi connectivity index (χ1v) is 14.2. The minimum atomic E-state index is -1.64. The fourth-order valence-electron chi connectivity index (χ4n) is 5.55. The Balaban J connectivity index is 1.55. The van der Waals surface area contributed by atoms with Gasteiger partial charge < -0.3 is 34.4 Å². The maximum atomic E-state index is 14.4. The van der Waals surface area contributed by atoms with Gasteiger partial charge in [0.15, 0.2) is 23.6 Å². The number of rotatable bonds is 7. The highest BCUT2D eigenvalue weighted by Crippen LogP contribution is 2.36. The van der Waals surface area contributed by atoms with Crippen molar-refractivity contribution in [3.63, 3.8) is 0 Å². The van der Waals surface area contributed by atoms with Gasteiger partial charge in [-0.05, 0) is 49.2 Å². The number of hydrogen-bond acceptors (Lipinski definition) is 9. The topological polar surface area (TPSA) is 139 Å². The summed E-state index contributed by atoms with van der Waals surface area (Å²) in [5, 5.41) is 40.1. The highest BCUT2D eigenvalue weighted by atomic mass is 79.9. The first kappa shape index (κ1) is 31.5. The second kappa shape index (κ2) is 13.0. The number of methoxy groups -OCH3 is 1. The normalized spacial score (nSPS) is 27.7. The zero-order valence-electron chi connectivity index (χ0n) is 23.1. The maximum Gasteiger partial charge on any atom is 0.259 e. The lowest BCUT2D eigenvalue weighted by Gasteiger charge is -2.46. The van der Waals surface area contributed by atoms with E-state index in [0.717, 1.165) is 22.4 Å². The molecule has 1 aromatic heterocycles. The smallest absolute Gasteiger partial charge is 0.259 e. The summed E-state index contributed by atoms with van der Waals surface area (Å²) in [7, 11) is 1.29. The standard InChI is InChI=1S/C28H30BrF3N4O7/c1-13-5-15(29)9-16(6-13)36(20-12-42-4-3-21(20)38)28(40)27-26(41-2)24(25(39)22(11-37)43-27)35-10-19(33-34-35)14-7-17(30)23(32)18(31)8-14/h5-10,20-22,24-27,37-39H,3-4,11-12H2,1-2H3/t20-,21-,22?,24?,25?,26?,27?/m1/s1. The first-order chi connectivity index (χ1) is 20.5. The zero-order chi connectivity index (χ0) is 31.0. The maximum absolute atomic E-state index is 14.4. The molecule has 11 nitrogen and oxygen atoms in total. The number of aliphatic hydroxyl groups is 3. The van der Waals surface area contributed by atoms with Gasteiger partial charge in [0.2, 0.25) is 0 Å². The van der Waals surface area contributed by atoms with Crippen LogP contribution in [0, 0.1) is 24.4 Å². The van der Waals surface area contributed by atoms with E-state index in [1.807, 2.05) is 13.0 Å². The van der Waals surface area contributed by atoms with Crippen LogP contribution < -0.4 is 4.90 Å². The number of aliphatic hydroxyl groups excluding tert-OH is 3. The molecule has 1 amide bonds. The number of anilines is 1. The summed E-state index contributed by atoms with van der Waals surface area (Å²) in [6, 6.07) is 4.84. The van der Waals surface area contributed by atoms with E-state index in [0.29, 0.717) is 16.8 Å². The van der Waals surface area contributed by atoms with Crippen LogP contribution in [-0.2, 0) is 19.0 Å². The predicted octanol–water partition coefficient (Wildman–Crippen LogP) is 2.29. The van der Waals surface area contributed by atoms with Gasteiger partial charge in [-0.2, -0.15) is 0 Å². The van der Waals surface area contributed by atoms with Crippen molar-refractivity contribution >= 4 is 27.5 Å². The van der Waals surface area contributed by atoms with Gasteiger partial charge in [0, 0.05) is 29.4 Å². The molecule has 0 saturated carbocycles. The van der Waals surface area contributed by atoms with Crippen LogP contribution in [0.2, 0.25) is 0 Å². The first-order valence-electron chi connectivity index (χ1n) is 13.4. The van der Waals surface area contributed by atoms with Gasteiger partial charge in [-0.25, -0.2) is 17.9 Å². The molecule has 2 fully saturated rings. The molecule has 0 spiro atoms. The Labute approximate surface area is 252 Å². The number of hydrogen-bond donors (Lipinski definition) is 3. The van der Waals surface area contributed by atoms with Crippen molar-refractivity contribution in [2.24, 2.45) is 0 Å². The number of amides is 1. The van der Waals surface area contributed by atoms with Crippen LogP contribution in [-0.4, -0.2) is 99.7 Å². The average molecular weight is 671 g/mol. The van der Waals surface area contributed by atoms with Crippen molar-refractivity contribution in [3.05, 3.63) is 64.0 Å². The SMILES string of the molecule is COC1C(C(=O)N(c2cc(C)cc(Br)c2)[C@@H]2COCC[C@H]2O)OC(CO)C(O)C1n1cc(-c2cc(F)c(F)c(F)c2)nn1. The largest absolute Gasteiger partial charge is 0.394 e. The van der Waals surface area contributed by atoms with E-state index in [1.54, 1.807) is 12.1 Å². The van der Waals surface area contributed by atoms with E-state index in [4.69, 9.17) is 14.2 Å². The van der Waals surface area contributed by atoms with Crippen LogP contribution >= 0.6 is 15.9 Å². The summed E-state index contributed by atoms with van der Waals surface area (Å²) in [4.78, 5) is 15.8. The van der Waals surface area contributed by atoms with Gasteiger partial charge in [-0.15, -0.1) is 5.10 Å². The van der Waals surface area contributed by atoms with Crippen LogP contribution in [0.25, 0.3) is 11.3 Å². The Bertz CT molecular complexity index is 1440. The molecule has 3 aromatic rings. The highest BCUT2D eigenvalue weighted by molar-refractivity contribution is 9.10. The van der Waals surface area contributed by atoms with Crippen molar-refractivity contribution in [2.45, 2.75) is 55.9 Å². The van der Waals surface area contributed by atoms with Crippen molar-refractivity contribution in [3.8, 4) is 11.3 Å². The number of carbonyl (C=O) groups is 1. The number of ether oxygens (including phenoxy) is 3. The Morgan fingerprint density at radius 3 is 2.53 bits per heavy atom. The monoisotopic (exact) mass is 670 g/mol. The molecule has 3 N–H and O–H groups in total. The molecular weight excluding hydrogens is 641 g/mol. The van der Waals surface area contributed by atoms with Crippen molar-refractivity contribution in [1.82, 2.24) is 15.0 Å². The highest BCUT2D eigenvalue weighted by Gasteiger charge is 2.52. The Morgan fingerprint density at radius 1 is 1.19 bits per heavy atom. The van der Waals surface area contributed by atoms with Gasteiger partial charge in [-0.1, -0.05) is 21.1 Å². The van der Waals surface area contributed by atoms with Crippen molar-refractivity contribution in [1.29, 1.82) is 0 Å². The van der Waals surface area contributed by atoms with Crippen LogP contribution in [0.15, 0.2) is 41.0 Å². The molecule has 0 radical (unpaired) electrons. The molecule has 5 unspecified atom stereocenters. The van der Waals surface area contributed by atoms with E-state index in [1.165, 1.54) is 18.2 Å². The second-order valence-electron chi connectivity index (χ2n) is 10.5. The number of nitrogens with zero attached hydrogens (tertiary/aromatic N) is 4. The fraction of sp³-hybridized carbons (Fsp3) is 0.464. The molecule has 43 heavy (non-hydrogen) atoms. The van der Waals surface area contributed by atoms with Crippen molar-refractivity contribution < 1.29 is 47.5 Å². The van der Waals surface area contributed by atoms with E-state index in [2.05, 4.69) is 26.2 Å². The lowest BCUT2D eigenvalue weighted by molar-refractivity contribution is -0.211. The molecule has 5 rings (SSSR count). The molecule has 2 aliphatic rings. The molecule has 7 atom stereocenters. The third kappa shape index (κ3) is 6.20. The number of aromatic nitrogens is 3. The Kier molecular flexibility index (Phi) is 9.51. The third-order valence-corrected chi connectivity index (χ3v) is 8.10. The summed E-state index contributed by atoms with van der Waals surface area (Å²) in [5.74, 6) is -5.13. The summed E-state index contributed by atoms with van der Waals surface area (Å²) in [6.45, 7) is 1.51. The van der Waals surface area contributed by atoms with Gasteiger partial charge in [0.05, 0.1) is 31.6 Å². The molecule has 0 aliphatic carbocycles. The Morgan fingerprint density at radius 2 is 1.91 bits per heavy atom. The second-order valence-corrected chi connectivity index (χ2v) is 11.4. The summed E-state index contributed by atoms with van der Waals surface area (Å²) in [5.41, 5.74) is 1.10. The fourth-order valence-corrected chi connectivity index (χ4v) is 6.15. The van der Waals surface area contributed by atoms with E-state index in [-0.39, 0.29) is 24.3 Å². The summed E-state index contributed by atoms with van der Waals surface area (Å²) in [6.07, 6.45) is -4.80. The molecule has 232 valence electrons. The van der Waals surface area contributed by atoms with E-state index >= 15 is 0 Å². The van der Waals surface area contributed by atoms with Gasteiger partial charge in [0.25, 0.3) is 5.91 Å². The third-order valence-electron chi connectivity index (χ3n) is 7.64. The molecule has 15 heteroatoms. The van der Waals surface area contributed by atoms with Gasteiger partial charge >= 0.3 is 0 Å². The molecule has 2 saturated heterocycles. The van der Waals surface area contributed by atoms with Crippen LogP contribution in [0.1, 0.15) is 18.0 Å². The molecular formula is C28H30BrF3N4O7. The molecule has 2 aliphatic heterocycles. The lowest BCUT2D eigenvalue weighted by Crippen LogP contribution is -2.64. The summed E-state index contributed by atoms with van der Waals surface area (Å²) >= 11 is 3.45. The van der Waals surface area contributed by atoms with Crippen LogP contribution in [0.4, 0.5) is 18.9 Å². The van der Waals surface area contributed by atoms with E-state index in [9.17, 15) is 33.3 Å². The van der Waals surface area contributed by atoms with Crippen molar-refractivity contribution in [2.75, 3.05) is 31.8 Å². The quantitative estimate of drug-likeness (QED) is 0.323. The Hall–Kier alpha value is -2.92. The van der Waals surface area contributed by atoms with E-state index < -0.39 is 72.6 Å². The summed E-state index contributed by atoms with van der Waals surface area (Å²) < 4.78 is 60.4. The molecule has 0 bridgehead atoms. The molecule has 2 aromatic carbocycles. The number of carbonyl (C=O) groups excluding carboxylic acids is 1. The molecule has 3 heterocycles. The van der Waals surface area contributed by atoms with Crippen LogP contribution in [0.5, 0.6) is 0 Å². The minimum absolute atomic E-state index is 0.0372. The van der Waals surface area contributed by atoms with Gasteiger partial charge in [0.1, 0.15) is 30.0 Å². The van der Waals surface area contributed by atoms with Crippen LogP contribution in [0.3, 0.4) is 0 Å². The number of halogens is 4. The predicted molar refractivity (Wildman–Crippen MR) is 149 cm³/mol. The number of aryl methyl sites for hydroxylation is 1. The minimum Gasteiger partial charge on any atom is -0.394 e.